The number of aliphatic hydroxyl groups excluding tert-OH is 1. The molecule has 8 nitrogen and oxygen atoms in total. The molecule has 1 amide bonds. The zero-order valence-corrected chi connectivity index (χ0v) is 19.5. The number of hydrogen-bond donors (Lipinski definition) is 3. The highest BCUT2D eigenvalue weighted by Crippen LogP contribution is 2.47. The molecule has 1 fully saturated rings. The zero-order valence-electron chi connectivity index (χ0n) is 19.5. The molecule has 0 spiro atoms. The number of rotatable bonds is 8. The van der Waals surface area contributed by atoms with Crippen LogP contribution < -0.4 is 10.1 Å². The Morgan fingerprint density at radius 3 is 2.57 bits per heavy atom. The Labute approximate surface area is 202 Å². The van der Waals surface area contributed by atoms with E-state index in [2.05, 4.69) is 10.3 Å². The maximum Gasteiger partial charge on any atom is 0.352 e. The lowest BCUT2D eigenvalue weighted by atomic mass is 9.78. The molecule has 3 N–H and O–H groups in total. The van der Waals surface area contributed by atoms with Crippen molar-refractivity contribution in [2.75, 3.05) is 11.9 Å². The van der Waals surface area contributed by atoms with E-state index in [1.165, 1.54) is 4.90 Å². The van der Waals surface area contributed by atoms with Gasteiger partial charge in [0.25, 0.3) is 0 Å². The predicted octanol–water partition coefficient (Wildman–Crippen LogP) is 3.42. The second-order valence-corrected chi connectivity index (χ2v) is 9.09. The molecule has 5 rings (SSSR count). The number of anilines is 1. The molecule has 35 heavy (non-hydrogen) atoms. The second kappa shape index (κ2) is 9.03. The molecule has 4 atom stereocenters. The number of nitrogens with zero attached hydrogens (tertiary/aromatic N) is 2. The normalized spacial score (nSPS) is 22.1. The van der Waals surface area contributed by atoms with Crippen LogP contribution in [0, 0.1) is 11.8 Å². The third-order valence-corrected chi connectivity index (χ3v) is 7.02. The highest BCUT2D eigenvalue weighted by molar-refractivity contribution is 6.00. The van der Waals surface area contributed by atoms with Gasteiger partial charge in [-0.1, -0.05) is 31.2 Å². The van der Waals surface area contributed by atoms with E-state index in [0.29, 0.717) is 17.9 Å². The number of pyridine rings is 1. The summed E-state index contributed by atoms with van der Waals surface area (Å²) >= 11 is 0. The first-order valence-electron chi connectivity index (χ1n) is 11.6. The van der Waals surface area contributed by atoms with E-state index in [1.54, 1.807) is 19.3 Å². The summed E-state index contributed by atoms with van der Waals surface area (Å²) in [6.45, 7) is 4.15. The molecule has 0 saturated carbocycles. The van der Waals surface area contributed by atoms with Gasteiger partial charge >= 0.3 is 5.97 Å². The van der Waals surface area contributed by atoms with Crippen LogP contribution in [-0.2, 0) is 16.1 Å². The van der Waals surface area contributed by atoms with Gasteiger partial charge in [0.1, 0.15) is 18.1 Å². The Kier molecular flexibility index (Phi) is 5.90. The molecule has 0 bridgehead atoms. The van der Waals surface area contributed by atoms with Crippen molar-refractivity contribution < 1.29 is 24.5 Å². The Hall–Kier alpha value is -3.91. The van der Waals surface area contributed by atoms with Crippen molar-refractivity contribution in [3.63, 3.8) is 0 Å². The Morgan fingerprint density at radius 1 is 1.14 bits per heavy atom. The number of aromatic nitrogens is 1. The smallest absolute Gasteiger partial charge is 0.352 e. The number of nitrogens with one attached hydrogen (secondary N) is 1. The van der Waals surface area contributed by atoms with Gasteiger partial charge in [-0.2, -0.15) is 0 Å². The standard InChI is InChI=1S/C27H27N3O5/c1-15-20(25(27(33)34)30-24(15)23(16(2)31)26(30)32)14-35-22-8-4-5-18-19(22)6-3-7-21(18)29-13-17-9-11-28-12-10-17/h3-12,15-16,23-24,29,31H,13-14H2,1-2H3,(H,33,34)/t15-,16+,23+,24?/m0/s1. The SMILES string of the molecule is C[C@H]1C(COc2cccc3c(NCc4ccncc4)cccc23)=C(C(=O)O)N2C(=O)[C@H]([C@@H](C)O)C12. The highest BCUT2D eigenvalue weighted by Gasteiger charge is 2.59. The molecule has 2 aromatic carbocycles. The molecule has 8 heteroatoms. The summed E-state index contributed by atoms with van der Waals surface area (Å²) in [5.74, 6) is -1.70. The first-order valence-corrected chi connectivity index (χ1v) is 11.6. The molecule has 180 valence electrons. The number of carboxylic acids is 1. The van der Waals surface area contributed by atoms with Gasteiger partial charge < -0.3 is 25.2 Å². The van der Waals surface area contributed by atoms with Gasteiger partial charge in [0, 0.05) is 46.9 Å². The lowest BCUT2D eigenvalue weighted by Gasteiger charge is -2.46. The Balaban J connectivity index is 1.39. The Bertz CT molecular complexity index is 1320. The van der Waals surface area contributed by atoms with Gasteiger partial charge in [-0.25, -0.2) is 4.79 Å². The van der Waals surface area contributed by atoms with Gasteiger partial charge in [0.05, 0.1) is 18.1 Å². The number of fused-ring (bicyclic) bond motifs is 2. The fourth-order valence-electron chi connectivity index (χ4n) is 5.25. The minimum Gasteiger partial charge on any atom is -0.488 e. The number of benzene rings is 2. The zero-order chi connectivity index (χ0) is 24.7. The van der Waals surface area contributed by atoms with Crippen molar-refractivity contribution >= 4 is 28.3 Å². The van der Waals surface area contributed by atoms with Crippen LogP contribution in [0.3, 0.4) is 0 Å². The van der Waals surface area contributed by atoms with Gasteiger partial charge in [-0.05, 0) is 36.8 Å². The van der Waals surface area contributed by atoms with E-state index in [-0.39, 0.29) is 30.2 Å². The number of β-lactam (4-membered cyclic amide) rings is 1. The van der Waals surface area contributed by atoms with Crippen LogP contribution in [0.15, 0.2) is 72.2 Å². The number of aliphatic carboxylic acids is 1. The van der Waals surface area contributed by atoms with E-state index in [4.69, 9.17) is 4.74 Å². The second-order valence-electron chi connectivity index (χ2n) is 9.09. The summed E-state index contributed by atoms with van der Waals surface area (Å²) in [5, 5.41) is 25.2. The molecule has 1 saturated heterocycles. The van der Waals surface area contributed by atoms with Gasteiger partial charge in [-0.15, -0.1) is 0 Å². The molecule has 1 aromatic heterocycles. The molecule has 2 aliphatic heterocycles. The molecule has 0 radical (unpaired) electrons. The summed E-state index contributed by atoms with van der Waals surface area (Å²) in [6, 6.07) is 15.2. The van der Waals surface area contributed by atoms with E-state index >= 15 is 0 Å². The van der Waals surface area contributed by atoms with E-state index in [9.17, 15) is 19.8 Å². The van der Waals surface area contributed by atoms with Gasteiger partial charge in [-0.3, -0.25) is 9.78 Å². The number of amides is 1. The molecular weight excluding hydrogens is 446 g/mol. The van der Waals surface area contributed by atoms with Crippen molar-refractivity contribution in [1.82, 2.24) is 9.88 Å². The molecule has 3 heterocycles. The molecule has 2 aliphatic rings. The van der Waals surface area contributed by atoms with E-state index < -0.39 is 18.0 Å². The fraction of sp³-hybridized carbons (Fsp3) is 0.296. The summed E-state index contributed by atoms with van der Waals surface area (Å²) < 4.78 is 6.17. The maximum absolute atomic E-state index is 12.6. The number of carbonyl (C=O) groups excluding carboxylic acids is 1. The van der Waals surface area contributed by atoms with Crippen molar-refractivity contribution in [2.24, 2.45) is 11.8 Å². The first kappa shape index (κ1) is 22.9. The molecule has 0 aliphatic carbocycles. The predicted molar refractivity (Wildman–Crippen MR) is 131 cm³/mol. The van der Waals surface area contributed by atoms with Crippen LogP contribution in [0.5, 0.6) is 5.75 Å². The number of carbonyl (C=O) groups is 2. The third-order valence-electron chi connectivity index (χ3n) is 7.02. The largest absolute Gasteiger partial charge is 0.488 e. The lowest BCUT2D eigenvalue weighted by Crippen LogP contribution is -2.63. The third kappa shape index (κ3) is 3.89. The van der Waals surface area contributed by atoms with Gasteiger partial charge in [0.15, 0.2) is 0 Å². The number of aliphatic hydroxyl groups is 1. The van der Waals surface area contributed by atoms with Crippen LogP contribution in [0.25, 0.3) is 10.8 Å². The monoisotopic (exact) mass is 473 g/mol. The molecule has 3 aromatic rings. The topological polar surface area (TPSA) is 112 Å². The average Bonchev–Trinajstić information content (AvgIpc) is 3.09. The van der Waals surface area contributed by atoms with Gasteiger partial charge in [0.2, 0.25) is 5.91 Å². The van der Waals surface area contributed by atoms with Crippen LogP contribution in [0.1, 0.15) is 19.4 Å². The fourth-order valence-corrected chi connectivity index (χ4v) is 5.25. The van der Waals surface area contributed by atoms with Crippen LogP contribution in [-0.4, -0.2) is 50.7 Å². The van der Waals surface area contributed by atoms with Crippen LogP contribution >= 0.6 is 0 Å². The lowest BCUT2D eigenvalue weighted by molar-refractivity contribution is -0.163. The summed E-state index contributed by atoms with van der Waals surface area (Å²) in [6.07, 6.45) is 2.68. The minimum atomic E-state index is -1.16. The number of carboxylic acid groups (broad SMARTS) is 1. The number of ether oxygens (including phenoxy) is 1. The first-order chi connectivity index (χ1) is 16.9. The summed E-state index contributed by atoms with van der Waals surface area (Å²) in [7, 11) is 0. The van der Waals surface area contributed by atoms with Crippen molar-refractivity contribution in [1.29, 1.82) is 0 Å². The van der Waals surface area contributed by atoms with Crippen molar-refractivity contribution in [3.8, 4) is 5.75 Å². The molecular formula is C27H27N3O5. The Morgan fingerprint density at radius 2 is 1.86 bits per heavy atom. The minimum absolute atomic E-state index is 0.0238. The average molecular weight is 474 g/mol. The highest BCUT2D eigenvalue weighted by atomic mass is 16.5. The summed E-state index contributed by atoms with van der Waals surface area (Å²) in [4.78, 5) is 30.0. The van der Waals surface area contributed by atoms with E-state index in [0.717, 1.165) is 22.0 Å². The molecule has 1 unspecified atom stereocenters. The maximum atomic E-state index is 12.6. The van der Waals surface area contributed by atoms with Crippen molar-refractivity contribution in [2.45, 2.75) is 32.5 Å². The van der Waals surface area contributed by atoms with Crippen molar-refractivity contribution in [3.05, 3.63) is 77.8 Å². The summed E-state index contributed by atoms with van der Waals surface area (Å²) in [5.41, 5.74) is 2.61. The van der Waals surface area contributed by atoms with Crippen LogP contribution in [0.4, 0.5) is 5.69 Å². The quantitative estimate of drug-likeness (QED) is 0.430. The van der Waals surface area contributed by atoms with Crippen LogP contribution in [0.2, 0.25) is 0 Å². The number of hydrogen-bond acceptors (Lipinski definition) is 6. The van der Waals surface area contributed by atoms with E-state index in [1.807, 2.05) is 55.5 Å².